The summed E-state index contributed by atoms with van der Waals surface area (Å²) in [5.74, 6) is -1.06. The fraction of sp³-hybridized carbons (Fsp3) is 0.333. The molecule has 1 aliphatic rings. The number of hydrogen-bond acceptors (Lipinski definition) is 3. The first kappa shape index (κ1) is 20.3. The van der Waals surface area contributed by atoms with Crippen LogP contribution in [0.3, 0.4) is 0 Å². The first-order chi connectivity index (χ1) is 13.3. The summed E-state index contributed by atoms with van der Waals surface area (Å²) in [4.78, 5) is 28.5. The molecule has 1 saturated heterocycles. The van der Waals surface area contributed by atoms with Crippen molar-refractivity contribution in [3.8, 4) is 0 Å². The van der Waals surface area contributed by atoms with Gasteiger partial charge >= 0.3 is 0 Å². The number of nitrogens with zero attached hydrogens (tertiary/aromatic N) is 2. The highest BCUT2D eigenvalue weighted by atomic mass is 35.5. The highest BCUT2D eigenvalue weighted by Gasteiger charge is 2.25. The number of carbonyl (C=O) groups excluding carboxylic acids is 2. The number of aryl methyl sites for hydroxylation is 1. The van der Waals surface area contributed by atoms with E-state index in [9.17, 15) is 14.0 Å². The third-order valence-corrected chi connectivity index (χ3v) is 5.30. The molecule has 1 aliphatic heterocycles. The minimum absolute atomic E-state index is 0.0190. The van der Waals surface area contributed by atoms with Gasteiger partial charge in [0.1, 0.15) is 5.82 Å². The Kier molecular flexibility index (Phi) is 6.31. The molecule has 0 saturated carbocycles. The van der Waals surface area contributed by atoms with Crippen molar-refractivity contribution >= 4 is 29.1 Å². The lowest BCUT2D eigenvalue weighted by Crippen LogP contribution is -2.50. The zero-order chi connectivity index (χ0) is 20.3. The molecule has 1 fully saturated rings. The summed E-state index contributed by atoms with van der Waals surface area (Å²) in [6.45, 7) is 6.23. The molecule has 0 bridgehead atoms. The Balaban J connectivity index is 1.53. The second kappa shape index (κ2) is 8.71. The van der Waals surface area contributed by atoms with Crippen molar-refractivity contribution in [1.29, 1.82) is 0 Å². The van der Waals surface area contributed by atoms with Gasteiger partial charge in [-0.3, -0.25) is 14.5 Å². The van der Waals surface area contributed by atoms with E-state index in [-0.39, 0.29) is 28.9 Å². The molecule has 5 nitrogen and oxygen atoms in total. The molecule has 0 atom stereocenters. The molecular formula is C21H23ClFN3O2. The van der Waals surface area contributed by atoms with Gasteiger partial charge in [0.25, 0.3) is 5.91 Å². The average Bonchev–Trinajstić information content (AvgIpc) is 2.65. The molecule has 2 aromatic carbocycles. The van der Waals surface area contributed by atoms with Crippen molar-refractivity contribution in [2.45, 2.75) is 13.8 Å². The Morgan fingerprint density at radius 1 is 1.11 bits per heavy atom. The van der Waals surface area contributed by atoms with E-state index in [0.717, 1.165) is 22.9 Å². The molecule has 7 heteroatoms. The standard InChI is InChI=1S/C21H23ClFN3O2/c1-14-4-3-5-19(15(14)2)24-20(27)13-25-8-10-26(11-9-25)21(28)17-7-6-16(22)12-18(17)23/h3-7,12H,8-11,13H2,1-2H3,(H,24,27). The van der Waals surface area contributed by atoms with Gasteiger partial charge in [-0.05, 0) is 49.2 Å². The van der Waals surface area contributed by atoms with Crippen molar-refractivity contribution < 1.29 is 14.0 Å². The summed E-state index contributed by atoms with van der Waals surface area (Å²) in [5.41, 5.74) is 3.01. The highest BCUT2D eigenvalue weighted by Crippen LogP contribution is 2.19. The number of rotatable bonds is 4. The quantitative estimate of drug-likeness (QED) is 0.850. The number of nitrogens with one attached hydrogen (secondary N) is 1. The molecule has 3 rings (SSSR count). The number of piperazine rings is 1. The first-order valence-corrected chi connectivity index (χ1v) is 9.55. The van der Waals surface area contributed by atoms with E-state index >= 15 is 0 Å². The second-order valence-corrected chi connectivity index (χ2v) is 7.42. The summed E-state index contributed by atoms with van der Waals surface area (Å²) in [5, 5.41) is 3.21. The number of anilines is 1. The maximum absolute atomic E-state index is 14.0. The lowest BCUT2D eigenvalue weighted by Gasteiger charge is -2.34. The Bertz CT molecular complexity index is 895. The number of amides is 2. The van der Waals surface area contributed by atoms with Crippen molar-refractivity contribution in [3.63, 3.8) is 0 Å². The van der Waals surface area contributed by atoms with Gasteiger partial charge < -0.3 is 10.2 Å². The molecule has 0 unspecified atom stereocenters. The number of benzene rings is 2. The zero-order valence-electron chi connectivity index (χ0n) is 16.0. The van der Waals surface area contributed by atoms with E-state index in [1.807, 2.05) is 36.9 Å². The van der Waals surface area contributed by atoms with Crippen LogP contribution in [0.15, 0.2) is 36.4 Å². The molecule has 0 spiro atoms. The molecule has 0 aromatic heterocycles. The lowest BCUT2D eigenvalue weighted by atomic mass is 10.1. The Labute approximate surface area is 169 Å². The lowest BCUT2D eigenvalue weighted by molar-refractivity contribution is -0.117. The summed E-state index contributed by atoms with van der Waals surface area (Å²) >= 11 is 5.74. The fourth-order valence-corrected chi connectivity index (χ4v) is 3.38. The van der Waals surface area contributed by atoms with Crippen LogP contribution in [-0.4, -0.2) is 54.3 Å². The smallest absolute Gasteiger partial charge is 0.256 e. The minimum Gasteiger partial charge on any atom is -0.336 e. The monoisotopic (exact) mass is 403 g/mol. The second-order valence-electron chi connectivity index (χ2n) is 6.99. The number of halogens is 2. The van der Waals surface area contributed by atoms with Gasteiger partial charge in [0, 0.05) is 36.9 Å². The maximum atomic E-state index is 14.0. The van der Waals surface area contributed by atoms with Crippen molar-refractivity contribution in [2.24, 2.45) is 0 Å². The molecule has 148 valence electrons. The van der Waals surface area contributed by atoms with Gasteiger partial charge in [-0.25, -0.2) is 4.39 Å². The Morgan fingerprint density at radius 3 is 2.50 bits per heavy atom. The molecule has 0 radical (unpaired) electrons. The summed E-state index contributed by atoms with van der Waals surface area (Å²) in [6.07, 6.45) is 0. The van der Waals surface area contributed by atoms with Gasteiger partial charge in [-0.2, -0.15) is 0 Å². The number of hydrogen-bond donors (Lipinski definition) is 1. The largest absolute Gasteiger partial charge is 0.336 e. The van der Waals surface area contributed by atoms with Crippen LogP contribution in [0.2, 0.25) is 5.02 Å². The molecule has 1 N–H and O–H groups in total. The van der Waals surface area contributed by atoms with Crippen molar-refractivity contribution in [3.05, 3.63) is 63.9 Å². The fourth-order valence-electron chi connectivity index (χ4n) is 3.22. The Morgan fingerprint density at radius 2 is 1.82 bits per heavy atom. The van der Waals surface area contributed by atoms with E-state index < -0.39 is 5.82 Å². The average molecular weight is 404 g/mol. The van der Waals surface area contributed by atoms with E-state index in [2.05, 4.69) is 5.32 Å². The minimum atomic E-state index is -0.618. The molecule has 2 aromatic rings. The van der Waals surface area contributed by atoms with E-state index in [1.54, 1.807) is 4.90 Å². The summed E-state index contributed by atoms with van der Waals surface area (Å²) in [6, 6.07) is 9.86. The van der Waals surface area contributed by atoms with E-state index in [1.165, 1.54) is 12.1 Å². The summed E-state index contributed by atoms with van der Waals surface area (Å²) in [7, 11) is 0. The SMILES string of the molecule is Cc1cccc(NC(=O)CN2CCN(C(=O)c3ccc(Cl)cc3F)CC2)c1C. The van der Waals surface area contributed by atoms with Crippen LogP contribution in [0.5, 0.6) is 0 Å². The van der Waals surface area contributed by atoms with Gasteiger partial charge in [-0.15, -0.1) is 0 Å². The van der Waals surface area contributed by atoms with Crippen LogP contribution < -0.4 is 5.32 Å². The molecule has 2 amide bonds. The van der Waals surface area contributed by atoms with Crippen molar-refractivity contribution in [2.75, 3.05) is 38.0 Å². The molecular weight excluding hydrogens is 381 g/mol. The Hall–Kier alpha value is -2.44. The highest BCUT2D eigenvalue weighted by molar-refractivity contribution is 6.30. The predicted molar refractivity (Wildman–Crippen MR) is 108 cm³/mol. The first-order valence-electron chi connectivity index (χ1n) is 9.18. The molecule has 1 heterocycles. The van der Waals surface area contributed by atoms with E-state index in [4.69, 9.17) is 11.6 Å². The van der Waals surface area contributed by atoms with Gasteiger partial charge in [0.2, 0.25) is 5.91 Å². The molecule has 0 aliphatic carbocycles. The predicted octanol–water partition coefficient (Wildman–Crippen LogP) is 3.49. The topological polar surface area (TPSA) is 52.7 Å². The van der Waals surface area contributed by atoms with Crippen LogP contribution in [0.4, 0.5) is 10.1 Å². The third kappa shape index (κ3) is 4.69. The normalized spacial score (nSPS) is 14.8. The summed E-state index contributed by atoms with van der Waals surface area (Å²) < 4.78 is 14.0. The van der Waals surface area contributed by atoms with Crippen LogP contribution in [0, 0.1) is 19.7 Å². The van der Waals surface area contributed by atoms with Crippen LogP contribution in [0.25, 0.3) is 0 Å². The van der Waals surface area contributed by atoms with Crippen LogP contribution in [0.1, 0.15) is 21.5 Å². The maximum Gasteiger partial charge on any atom is 0.256 e. The van der Waals surface area contributed by atoms with Gasteiger partial charge in [0.05, 0.1) is 12.1 Å². The van der Waals surface area contributed by atoms with Crippen LogP contribution in [-0.2, 0) is 4.79 Å². The van der Waals surface area contributed by atoms with E-state index in [0.29, 0.717) is 26.2 Å². The van der Waals surface area contributed by atoms with Crippen LogP contribution >= 0.6 is 11.6 Å². The van der Waals surface area contributed by atoms with Gasteiger partial charge in [-0.1, -0.05) is 23.7 Å². The molecule has 28 heavy (non-hydrogen) atoms. The third-order valence-electron chi connectivity index (χ3n) is 5.07. The van der Waals surface area contributed by atoms with Gasteiger partial charge in [0.15, 0.2) is 0 Å². The van der Waals surface area contributed by atoms with Crippen molar-refractivity contribution in [1.82, 2.24) is 9.80 Å². The number of carbonyl (C=O) groups is 2. The zero-order valence-corrected chi connectivity index (χ0v) is 16.7.